The third-order valence-electron chi connectivity index (χ3n) is 5.89. The monoisotopic (exact) mass is 417 g/mol. The summed E-state index contributed by atoms with van der Waals surface area (Å²) in [6.45, 7) is 1.90. The van der Waals surface area contributed by atoms with E-state index in [1.165, 1.54) is 16.8 Å². The predicted molar refractivity (Wildman–Crippen MR) is 121 cm³/mol. The molecule has 1 N–H and O–H groups in total. The second kappa shape index (κ2) is 7.69. The molecule has 0 spiro atoms. The summed E-state index contributed by atoms with van der Waals surface area (Å²) in [6.07, 6.45) is 5.65. The summed E-state index contributed by atoms with van der Waals surface area (Å²) in [5.41, 5.74) is 4.80. The molecule has 2 fully saturated rings. The van der Waals surface area contributed by atoms with Crippen molar-refractivity contribution in [2.45, 2.75) is 38.3 Å². The standard InChI is InChI=1S/C24H23N3O2S/c28-22-20(23(29)27(19-9-10-19)24(30)25-22)14-17-8-11-21-18(13-17)7-4-12-26(21)15-16-5-2-1-3-6-16/h1-3,5-6,8,11,13-14,19H,4,7,9-10,12,15H2,(H,25,28,30)/b20-14+. The van der Waals surface area contributed by atoms with Gasteiger partial charge >= 0.3 is 0 Å². The molecule has 2 aromatic rings. The quantitative estimate of drug-likeness (QED) is 0.471. The molecule has 2 amide bonds. The SMILES string of the molecule is O=C1NC(=S)N(C2CC2)C(=O)/C1=C/c1ccc2c(c1)CCCN2Cc1ccccc1. The van der Waals surface area contributed by atoms with E-state index in [1.54, 1.807) is 11.0 Å². The Morgan fingerprint density at radius 1 is 1.10 bits per heavy atom. The van der Waals surface area contributed by atoms with E-state index in [9.17, 15) is 9.59 Å². The molecule has 2 aromatic carbocycles. The average molecular weight is 418 g/mol. The number of aryl methyl sites for hydroxylation is 1. The van der Waals surface area contributed by atoms with Gasteiger partial charge in [0.15, 0.2) is 5.11 Å². The summed E-state index contributed by atoms with van der Waals surface area (Å²) in [5.74, 6) is -0.694. The Morgan fingerprint density at radius 2 is 1.90 bits per heavy atom. The number of hydrogen-bond donors (Lipinski definition) is 1. The number of rotatable bonds is 4. The van der Waals surface area contributed by atoms with Crippen molar-refractivity contribution in [3.05, 3.63) is 70.8 Å². The summed E-state index contributed by atoms with van der Waals surface area (Å²) in [5, 5.41) is 2.90. The largest absolute Gasteiger partial charge is 0.367 e. The summed E-state index contributed by atoms with van der Waals surface area (Å²) in [4.78, 5) is 29.3. The molecule has 5 rings (SSSR count). The third-order valence-corrected chi connectivity index (χ3v) is 6.19. The molecule has 0 radical (unpaired) electrons. The van der Waals surface area contributed by atoms with Crippen molar-refractivity contribution in [3.8, 4) is 0 Å². The fourth-order valence-corrected chi connectivity index (χ4v) is 4.58. The van der Waals surface area contributed by atoms with Crippen LogP contribution in [0.1, 0.15) is 36.0 Å². The van der Waals surface area contributed by atoms with Gasteiger partial charge in [-0.3, -0.25) is 19.8 Å². The van der Waals surface area contributed by atoms with Crippen molar-refractivity contribution in [1.29, 1.82) is 0 Å². The first-order valence-electron chi connectivity index (χ1n) is 10.4. The van der Waals surface area contributed by atoms with Crippen LogP contribution in [0.2, 0.25) is 0 Å². The van der Waals surface area contributed by atoms with Crippen LogP contribution < -0.4 is 10.2 Å². The Labute approximate surface area is 181 Å². The maximum atomic E-state index is 12.9. The highest BCUT2D eigenvalue weighted by molar-refractivity contribution is 7.80. The van der Waals surface area contributed by atoms with Crippen molar-refractivity contribution < 1.29 is 9.59 Å². The molecule has 0 unspecified atom stereocenters. The molecule has 30 heavy (non-hydrogen) atoms. The molecule has 1 saturated heterocycles. The maximum Gasteiger partial charge on any atom is 0.265 e. The van der Waals surface area contributed by atoms with Crippen LogP contribution in [0.15, 0.2) is 54.1 Å². The zero-order chi connectivity index (χ0) is 20.7. The number of carbonyl (C=O) groups is 2. The molecule has 0 bridgehead atoms. The van der Waals surface area contributed by atoms with Gasteiger partial charge in [-0.2, -0.15) is 0 Å². The van der Waals surface area contributed by atoms with E-state index in [-0.39, 0.29) is 22.6 Å². The molecule has 0 aromatic heterocycles. The molecule has 2 aliphatic heterocycles. The van der Waals surface area contributed by atoms with E-state index in [4.69, 9.17) is 12.2 Å². The smallest absolute Gasteiger partial charge is 0.265 e. The Bertz CT molecular complexity index is 1060. The first-order chi connectivity index (χ1) is 14.6. The van der Waals surface area contributed by atoms with E-state index in [2.05, 4.69) is 46.6 Å². The first kappa shape index (κ1) is 19.0. The lowest BCUT2D eigenvalue weighted by atomic mass is 9.97. The van der Waals surface area contributed by atoms with Crippen molar-refractivity contribution in [3.63, 3.8) is 0 Å². The number of thiocarbonyl (C=S) groups is 1. The van der Waals surface area contributed by atoms with Crippen LogP contribution >= 0.6 is 12.2 Å². The normalized spacial score (nSPS) is 20.4. The zero-order valence-corrected chi connectivity index (χ0v) is 17.5. The van der Waals surface area contributed by atoms with Gasteiger partial charge in [-0.15, -0.1) is 0 Å². The van der Waals surface area contributed by atoms with Gasteiger partial charge in [0.1, 0.15) is 5.57 Å². The van der Waals surface area contributed by atoms with Gasteiger partial charge in [0, 0.05) is 24.8 Å². The van der Waals surface area contributed by atoms with Crippen LogP contribution in [0, 0.1) is 0 Å². The lowest BCUT2D eigenvalue weighted by Crippen LogP contribution is -2.54. The van der Waals surface area contributed by atoms with Crippen molar-refractivity contribution in [1.82, 2.24) is 10.2 Å². The Hall–Kier alpha value is -2.99. The summed E-state index contributed by atoms with van der Waals surface area (Å²) in [7, 11) is 0. The number of anilines is 1. The summed E-state index contributed by atoms with van der Waals surface area (Å²) in [6, 6.07) is 16.8. The van der Waals surface area contributed by atoms with Gasteiger partial charge in [-0.1, -0.05) is 36.4 Å². The van der Waals surface area contributed by atoms with E-state index in [0.29, 0.717) is 0 Å². The predicted octanol–water partition coefficient (Wildman–Crippen LogP) is 3.43. The minimum Gasteiger partial charge on any atom is -0.367 e. The van der Waals surface area contributed by atoms with Gasteiger partial charge in [0.2, 0.25) is 0 Å². The van der Waals surface area contributed by atoms with E-state index >= 15 is 0 Å². The molecule has 3 aliphatic rings. The number of amides is 2. The second-order valence-corrected chi connectivity index (χ2v) is 8.51. The first-order valence-corrected chi connectivity index (χ1v) is 10.8. The number of hydrogen-bond acceptors (Lipinski definition) is 4. The second-order valence-electron chi connectivity index (χ2n) is 8.12. The summed E-state index contributed by atoms with van der Waals surface area (Å²) < 4.78 is 0. The number of nitrogens with one attached hydrogen (secondary N) is 1. The topological polar surface area (TPSA) is 52.7 Å². The zero-order valence-electron chi connectivity index (χ0n) is 16.6. The molecule has 1 saturated carbocycles. The summed E-state index contributed by atoms with van der Waals surface area (Å²) >= 11 is 5.20. The Kier molecular flexibility index (Phi) is 4.87. The molecule has 0 atom stereocenters. The fraction of sp³-hybridized carbons (Fsp3) is 0.292. The lowest BCUT2D eigenvalue weighted by Gasteiger charge is -2.32. The average Bonchev–Trinajstić information content (AvgIpc) is 3.57. The van der Waals surface area contributed by atoms with Gasteiger partial charge in [-0.25, -0.2) is 0 Å². The highest BCUT2D eigenvalue weighted by Crippen LogP contribution is 2.32. The van der Waals surface area contributed by atoms with Crippen molar-refractivity contribution >= 4 is 40.9 Å². The number of benzene rings is 2. The molecule has 6 heteroatoms. The van der Waals surface area contributed by atoms with Gasteiger partial charge in [0.25, 0.3) is 11.8 Å². The molecule has 152 valence electrons. The van der Waals surface area contributed by atoms with E-state index in [1.807, 2.05) is 12.1 Å². The third kappa shape index (κ3) is 3.63. The van der Waals surface area contributed by atoms with Crippen LogP contribution in [0.25, 0.3) is 6.08 Å². The maximum absolute atomic E-state index is 12.9. The Morgan fingerprint density at radius 3 is 2.67 bits per heavy atom. The molecule has 1 aliphatic carbocycles. The van der Waals surface area contributed by atoms with Crippen LogP contribution in [-0.2, 0) is 22.6 Å². The van der Waals surface area contributed by atoms with E-state index in [0.717, 1.165) is 44.3 Å². The van der Waals surface area contributed by atoms with Crippen LogP contribution in [0.3, 0.4) is 0 Å². The van der Waals surface area contributed by atoms with Crippen LogP contribution in [0.4, 0.5) is 5.69 Å². The van der Waals surface area contributed by atoms with Gasteiger partial charge in [0.05, 0.1) is 0 Å². The molecular formula is C24H23N3O2S. The van der Waals surface area contributed by atoms with Crippen LogP contribution in [0.5, 0.6) is 0 Å². The number of fused-ring (bicyclic) bond motifs is 1. The molecule has 2 heterocycles. The molecular weight excluding hydrogens is 394 g/mol. The minimum absolute atomic E-state index is 0.129. The van der Waals surface area contributed by atoms with Crippen molar-refractivity contribution in [2.75, 3.05) is 11.4 Å². The minimum atomic E-state index is -0.412. The highest BCUT2D eigenvalue weighted by atomic mass is 32.1. The van der Waals surface area contributed by atoms with Gasteiger partial charge < -0.3 is 4.90 Å². The van der Waals surface area contributed by atoms with Gasteiger partial charge in [-0.05, 0) is 72.8 Å². The van der Waals surface area contributed by atoms with Crippen LogP contribution in [-0.4, -0.2) is 34.4 Å². The van der Waals surface area contributed by atoms with Crippen molar-refractivity contribution in [2.24, 2.45) is 0 Å². The number of nitrogens with zero attached hydrogens (tertiary/aromatic N) is 2. The lowest BCUT2D eigenvalue weighted by molar-refractivity contribution is -0.129. The number of carbonyl (C=O) groups excluding carboxylic acids is 2. The Balaban J connectivity index is 1.42. The highest BCUT2D eigenvalue weighted by Gasteiger charge is 2.42. The fourth-order valence-electron chi connectivity index (χ4n) is 4.25. The molecule has 5 nitrogen and oxygen atoms in total. The van der Waals surface area contributed by atoms with E-state index < -0.39 is 5.91 Å².